The SMILES string of the molecule is CN1CCC(C(=O)NC[C@H]2CC[C@@H](Nc3nc(N(C)C)c4ccccc4n3)CC2)CC1. The molecule has 1 aromatic heterocycles. The van der Waals surface area contributed by atoms with Crippen LogP contribution in [0, 0.1) is 11.8 Å². The molecule has 2 aromatic rings. The van der Waals surface area contributed by atoms with E-state index in [-0.39, 0.29) is 11.8 Å². The van der Waals surface area contributed by atoms with Crippen LogP contribution in [0.25, 0.3) is 10.9 Å². The number of nitrogens with zero attached hydrogens (tertiary/aromatic N) is 4. The number of rotatable bonds is 6. The number of aromatic nitrogens is 2. The first kappa shape index (κ1) is 21.8. The maximum atomic E-state index is 12.5. The van der Waals surface area contributed by atoms with Crippen molar-refractivity contribution in [2.45, 2.75) is 44.6 Å². The van der Waals surface area contributed by atoms with E-state index in [1.807, 2.05) is 37.2 Å². The number of likely N-dealkylation sites (tertiary alicyclic amines) is 1. The van der Waals surface area contributed by atoms with Crippen LogP contribution in [0.2, 0.25) is 0 Å². The number of benzene rings is 1. The van der Waals surface area contributed by atoms with Gasteiger partial charge in [-0.3, -0.25) is 4.79 Å². The van der Waals surface area contributed by atoms with E-state index in [2.05, 4.69) is 28.6 Å². The second-order valence-electron chi connectivity index (χ2n) is 9.47. The molecular weight excluding hydrogens is 388 g/mol. The Bertz CT molecular complexity index is 885. The van der Waals surface area contributed by atoms with E-state index in [1.54, 1.807) is 0 Å². The van der Waals surface area contributed by atoms with Gasteiger partial charge < -0.3 is 20.4 Å². The summed E-state index contributed by atoms with van der Waals surface area (Å²) in [5.74, 6) is 2.68. The van der Waals surface area contributed by atoms with Gasteiger partial charge in [-0.2, -0.15) is 4.98 Å². The van der Waals surface area contributed by atoms with Crippen LogP contribution in [-0.4, -0.2) is 67.6 Å². The summed E-state index contributed by atoms with van der Waals surface area (Å²) >= 11 is 0. The summed E-state index contributed by atoms with van der Waals surface area (Å²) in [6, 6.07) is 8.54. The highest BCUT2D eigenvalue weighted by molar-refractivity contribution is 5.90. The molecule has 0 radical (unpaired) electrons. The van der Waals surface area contributed by atoms with Crippen molar-refractivity contribution in [1.82, 2.24) is 20.2 Å². The van der Waals surface area contributed by atoms with Gasteiger partial charge in [0.25, 0.3) is 0 Å². The summed E-state index contributed by atoms with van der Waals surface area (Å²) in [6.45, 7) is 2.87. The molecule has 2 fully saturated rings. The fourth-order valence-electron chi connectivity index (χ4n) is 4.82. The molecule has 1 saturated carbocycles. The van der Waals surface area contributed by atoms with Gasteiger partial charge in [0.1, 0.15) is 5.82 Å². The Labute approximate surface area is 185 Å². The Morgan fingerprint density at radius 2 is 1.77 bits per heavy atom. The van der Waals surface area contributed by atoms with Crippen LogP contribution in [0.15, 0.2) is 24.3 Å². The van der Waals surface area contributed by atoms with Crippen molar-refractivity contribution >= 4 is 28.6 Å². The smallest absolute Gasteiger partial charge is 0.225 e. The zero-order chi connectivity index (χ0) is 21.8. The van der Waals surface area contributed by atoms with Crippen molar-refractivity contribution < 1.29 is 4.79 Å². The highest BCUT2D eigenvalue weighted by atomic mass is 16.1. The summed E-state index contributed by atoms with van der Waals surface area (Å²) in [5.41, 5.74) is 0.967. The first-order valence-corrected chi connectivity index (χ1v) is 11.7. The second kappa shape index (κ2) is 9.81. The van der Waals surface area contributed by atoms with Gasteiger partial charge in [0.15, 0.2) is 0 Å². The monoisotopic (exact) mass is 424 g/mol. The summed E-state index contributed by atoms with van der Waals surface area (Å²) in [4.78, 5) is 26.3. The Balaban J connectivity index is 1.27. The lowest BCUT2D eigenvalue weighted by atomic mass is 9.86. The van der Waals surface area contributed by atoms with Crippen molar-refractivity contribution in [1.29, 1.82) is 0 Å². The largest absolute Gasteiger partial charge is 0.362 e. The van der Waals surface area contributed by atoms with Gasteiger partial charge in [-0.15, -0.1) is 0 Å². The van der Waals surface area contributed by atoms with Gasteiger partial charge in [-0.05, 0) is 76.7 Å². The first-order chi connectivity index (χ1) is 15.0. The molecular formula is C24H36N6O. The fourth-order valence-corrected chi connectivity index (χ4v) is 4.82. The number of carbonyl (C=O) groups is 1. The number of anilines is 2. The van der Waals surface area contributed by atoms with Crippen LogP contribution in [0.3, 0.4) is 0 Å². The molecule has 0 bridgehead atoms. The lowest BCUT2D eigenvalue weighted by Crippen LogP contribution is -2.41. The van der Waals surface area contributed by atoms with E-state index < -0.39 is 0 Å². The minimum Gasteiger partial charge on any atom is -0.362 e. The average Bonchev–Trinajstić information content (AvgIpc) is 2.78. The number of piperidine rings is 1. The molecule has 1 saturated heterocycles. The van der Waals surface area contributed by atoms with Crippen molar-refractivity contribution in [2.75, 3.05) is 51.0 Å². The molecule has 1 amide bonds. The topological polar surface area (TPSA) is 73.4 Å². The number of amides is 1. The zero-order valence-electron chi connectivity index (χ0n) is 19.1. The summed E-state index contributed by atoms with van der Waals surface area (Å²) < 4.78 is 0. The quantitative estimate of drug-likeness (QED) is 0.742. The highest BCUT2D eigenvalue weighted by Crippen LogP contribution is 2.28. The summed E-state index contributed by atoms with van der Waals surface area (Å²) in [6.07, 6.45) is 6.39. The predicted octanol–water partition coefficient (Wildman–Crippen LogP) is 3.12. The van der Waals surface area contributed by atoms with Gasteiger partial charge in [-0.1, -0.05) is 12.1 Å². The molecule has 1 aliphatic heterocycles. The minimum absolute atomic E-state index is 0.199. The maximum absolute atomic E-state index is 12.5. The molecule has 2 N–H and O–H groups in total. The van der Waals surface area contributed by atoms with Gasteiger partial charge in [0.2, 0.25) is 11.9 Å². The Hall–Kier alpha value is -2.41. The standard InChI is InChI=1S/C24H36N6O/c1-29(2)22-20-6-4-5-7-21(20)27-24(28-22)26-19-10-8-17(9-11-19)16-25-23(31)18-12-14-30(3)15-13-18/h4-7,17-19H,8-16H2,1-3H3,(H,25,31)(H,26,27,28)/t17-,19+. The molecule has 4 rings (SSSR count). The molecule has 1 aromatic carbocycles. The first-order valence-electron chi connectivity index (χ1n) is 11.7. The van der Waals surface area contributed by atoms with Crippen molar-refractivity contribution in [3.63, 3.8) is 0 Å². The molecule has 1 aliphatic carbocycles. The third-order valence-electron chi connectivity index (χ3n) is 6.84. The lowest BCUT2D eigenvalue weighted by Gasteiger charge is -2.31. The molecule has 2 aliphatic rings. The normalized spacial score (nSPS) is 22.9. The van der Waals surface area contributed by atoms with Crippen molar-refractivity contribution in [3.05, 3.63) is 24.3 Å². The Morgan fingerprint density at radius 3 is 2.48 bits per heavy atom. The summed E-state index contributed by atoms with van der Waals surface area (Å²) in [7, 11) is 6.16. The third-order valence-corrected chi connectivity index (χ3v) is 6.84. The molecule has 31 heavy (non-hydrogen) atoms. The number of fused-ring (bicyclic) bond motifs is 1. The Kier molecular flexibility index (Phi) is 6.90. The maximum Gasteiger partial charge on any atom is 0.225 e. The number of para-hydroxylation sites is 1. The van der Waals surface area contributed by atoms with Crippen molar-refractivity contribution in [3.8, 4) is 0 Å². The number of hydrogen-bond donors (Lipinski definition) is 2. The van der Waals surface area contributed by atoms with Crippen LogP contribution in [0.1, 0.15) is 38.5 Å². The predicted molar refractivity (Wildman–Crippen MR) is 126 cm³/mol. The number of hydrogen-bond acceptors (Lipinski definition) is 6. The summed E-state index contributed by atoms with van der Waals surface area (Å²) in [5, 5.41) is 7.87. The van der Waals surface area contributed by atoms with Crippen LogP contribution in [0.5, 0.6) is 0 Å². The minimum atomic E-state index is 0.199. The zero-order valence-corrected chi connectivity index (χ0v) is 19.1. The van der Waals surface area contributed by atoms with Gasteiger partial charge >= 0.3 is 0 Å². The second-order valence-corrected chi connectivity index (χ2v) is 9.47. The van der Waals surface area contributed by atoms with Crippen LogP contribution >= 0.6 is 0 Å². The molecule has 168 valence electrons. The van der Waals surface area contributed by atoms with Crippen LogP contribution < -0.4 is 15.5 Å². The van der Waals surface area contributed by atoms with E-state index in [0.717, 1.165) is 74.9 Å². The molecule has 2 heterocycles. The van der Waals surface area contributed by atoms with Crippen molar-refractivity contribution in [2.24, 2.45) is 11.8 Å². The van der Waals surface area contributed by atoms with Gasteiger partial charge in [-0.25, -0.2) is 4.98 Å². The number of nitrogens with one attached hydrogen (secondary N) is 2. The van der Waals surface area contributed by atoms with E-state index in [9.17, 15) is 4.79 Å². The average molecular weight is 425 g/mol. The third kappa shape index (κ3) is 5.45. The molecule has 0 unspecified atom stereocenters. The van der Waals surface area contributed by atoms with E-state index >= 15 is 0 Å². The molecule has 7 nitrogen and oxygen atoms in total. The highest BCUT2D eigenvalue weighted by Gasteiger charge is 2.26. The van der Waals surface area contributed by atoms with E-state index in [1.165, 1.54) is 0 Å². The number of carbonyl (C=O) groups excluding carboxylic acids is 1. The van der Waals surface area contributed by atoms with Crippen LogP contribution in [0.4, 0.5) is 11.8 Å². The van der Waals surface area contributed by atoms with Crippen LogP contribution in [-0.2, 0) is 4.79 Å². The molecule has 0 atom stereocenters. The van der Waals surface area contributed by atoms with E-state index in [4.69, 9.17) is 9.97 Å². The fraction of sp³-hybridized carbons (Fsp3) is 0.625. The molecule has 7 heteroatoms. The van der Waals surface area contributed by atoms with Gasteiger partial charge in [0.05, 0.1) is 5.52 Å². The Morgan fingerprint density at radius 1 is 1.06 bits per heavy atom. The van der Waals surface area contributed by atoms with Gasteiger partial charge in [0, 0.05) is 38.0 Å². The lowest BCUT2D eigenvalue weighted by molar-refractivity contribution is -0.126. The molecule has 0 spiro atoms. The van der Waals surface area contributed by atoms with E-state index in [0.29, 0.717) is 17.9 Å².